The Morgan fingerprint density at radius 2 is 2.33 bits per heavy atom. The van der Waals surface area contributed by atoms with Crippen LogP contribution in [0.25, 0.3) is 0 Å². The molecule has 9 heavy (non-hydrogen) atoms. The summed E-state index contributed by atoms with van der Waals surface area (Å²) in [5, 5.41) is 3.04. The molecule has 2 unspecified atom stereocenters. The van der Waals surface area contributed by atoms with Crippen LogP contribution in [0.2, 0.25) is 0 Å². The van der Waals surface area contributed by atoms with Gasteiger partial charge in [0.15, 0.2) is 0 Å². The fourth-order valence-corrected chi connectivity index (χ4v) is 1.50. The molecule has 2 aliphatic rings. The van der Waals surface area contributed by atoms with Gasteiger partial charge in [-0.15, -0.1) is 12.4 Å². The Bertz CT molecular complexity index is 118. The minimum absolute atomic E-state index is 0. The fourth-order valence-electron chi connectivity index (χ4n) is 1.50. The number of nitrogens with one attached hydrogen (secondary N) is 1. The zero-order valence-corrected chi connectivity index (χ0v) is 6.01. The second-order valence-corrected chi connectivity index (χ2v) is 2.90. The third kappa shape index (κ3) is 1.06. The minimum Gasteiger partial charge on any atom is -0.314 e. The summed E-state index contributed by atoms with van der Waals surface area (Å²) in [6, 6.07) is 0. The molecule has 0 spiro atoms. The average Bonchev–Trinajstić information content (AvgIpc) is 2.39. The summed E-state index contributed by atoms with van der Waals surface area (Å²) in [6.07, 6.45) is 1.87. The largest absolute Gasteiger partial charge is 0.314 e. The van der Waals surface area contributed by atoms with E-state index in [0.29, 0.717) is 12.5 Å². The molecule has 1 heterocycles. The van der Waals surface area contributed by atoms with Crippen LogP contribution in [-0.4, -0.2) is 18.8 Å². The van der Waals surface area contributed by atoms with Gasteiger partial charge < -0.3 is 5.32 Å². The molecule has 0 radical (unpaired) electrons. The standard InChI is InChI=1S/C6H10FN.ClH/c7-6-3-5(6)1-2-8-4-6;/h5,8H,1-4H2;1H. The van der Waals surface area contributed by atoms with Gasteiger partial charge in [-0.25, -0.2) is 4.39 Å². The van der Waals surface area contributed by atoms with Crippen LogP contribution < -0.4 is 5.32 Å². The lowest BCUT2D eigenvalue weighted by Crippen LogP contribution is -2.32. The number of halogens is 2. The third-order valence-electron chi connectivity index (χ3n) is 2.25. The van der Waals surface area contributed by atoms with Gasteiger partial charge >= 0.3 is 0 Å². The van der Waals surface area contributed by atoms with E-state index >= 15 is 0 Å². The van der Waals surface area contributed by atoms with Crippen molar-refractivity contribution in [1.82, 2.24) is 5.32 Å². The highest BCUT2D eigenvalue weighted by molar-refractivity contribution is 5.85. The molecule has 1 N–H and O–H groups in total. The van der Waals surface area contributed by atoms with Gasteiger partial charge in [0, 0.05) is 6.54 Å². The van der Waals surface area contributed by atoms with E-state index in [1.54, 1.807) is 0 Å². The Hall–Kier alpha value is 0.180. The molecule has 1 aliphatic carbocycles. The number of alkyl halides is 1. The van der Waals surface area contributed by atoms with E-state index < -0.39 is 5.67 Å². The van der Waals surface area contributed by atoms with Crippen LogP contribution in [0.3, 0.4) is 0 Å². The number of piperidine rings is 1. The van der Waals surface area contributed by atoms with Crippen LogP contribution in [-0.2, 0) is 0 Å². The molecule has 2 atom stereocenters. The van der Waals surface area contributed by atoms with Gasteiger partial charge in [0.1, 0.15) is 5.67 Å². The van der Waals surface area contributed by atoms with Crippen molar-refractivity contribution in [2.45, 2.75) is 18.5 Å². The van der Waals surface area contributed by atoms with Gasteiger partial charge in [-0.3, -0.25) is 0 Å². The quantitative estimate of drug-likeness (QED) is 0.548. The maximum Gasteiger partial charge on any atom is 0.126 e. The van der Waals surface area contributed by atoms with Gasteiger partial charge in [-0.1, -0.05) is 0 Å². The highest BCUT2D eigenvalue weighted by Crippen LogP contribution is 2.50. The van der Waals surface area contributed by atoms with Gasteiger partial charge in [0.05, 0.1) is 0 Å². The summed E-state index contributed by atoms with van der Waals surface area (Å²) in [7, 11) is 0. The van der Waals surface area contributed by atoms with Crippen molar-refractivity contribution < 1.29 is 4.39 Å². The molecule has 0 bridgehead atoms. The van der Waals surface area contributed by atoms with Gasteiger partial charge in [0.25, 0.3) is 0 Å². The molecule has 2 rings (SSSR count). The zero-order valence-electron chi connectivity index (χ0n) is 5.19. The number of hydrogen-bond donors (Lipinski definition) is 1. The monoisotopic (exact) mass is 151 g/mol. The van der Waals surface area contributed by atoms with Crippen LogP contribution >= 0.6 is 12.4 Å². The fraction of sp³-hybridized carbons (Fsp3) is 1.00. The Morgan fingerprint density at radius 1 is 1.56 bits per heavy atom. The number of rotatable bonds is 0. The Morgan fingerprint density at radius 3 is 2.78 bits per heavy atom. The molecular formula is C6H11ClFN. The molecule has 54 valence electrons. The maximum absolute atomic E-state index is 12.9. The Balaban J connectivity index is 0.000000405. The number of fused-ring (bicyclic) bond motifs is 1. The van der Waals surface area contributed by atoms with Crippen LogP contribution in [0.1, 0.15) is 12.8 Å². The van der Waals surface area contributed by atoms with Gasteiger partial charge in [-0.05, 0) is 25.3 Å². The lowest BCUT2D eigenvalue weighted by molar-refractivity contribution is 0.241. The predicted molar refractivity (Wildman–Crippen MR) is 36.7 cm³/mol. The molecule has 1 nitrogen and oxygen atoms in total. The van der Waals surface area contributed by atoms with E-state index in [1.165, 1.54) is 0 Å². The highest BCUT2D eigenvalue weighted by Gasteiger charge is 2.55. The van der Waals surface area contributed by atoms with Crippen molar-refractivity contribution in [2.24, 2.45) is 5.92 Å². The van der Waals surface area contributed by atoms with E-state index in [0.717, 1.165) is 19.4 Å². The molecule has 0 aromatic heterocycles. The molecule has 0 aromatic rings. The SMILES string of the molecule is Cl.FC12CNCCC1C2. The van der Waals surface area contributed by atoms with Crippen molar-refractivity contribution in [3.8, 4) is 0 Å². The summed E-state index contributed by atoms with van der Waals surface area (Å²) in [6.45, 7) is 1.63. The van der Waals surface area contributed by atoms with Crippen molar-refractivity contribution in [2.75, 3.05) is 13.1 Å². The summed E-state index contributed by atoms with van der Waals surface area (Å²) in [5.41, 5.74) is -0.766. The first-order chi connectivity index (χ1) is 3.81. The molecule has 1 saturated carbocycles. The third-order valence-corrected chi connectivity index (χ3v) is 2.25. The van der Waals surface area contributed by atoms with Crippen LogP contribution in [0, 0.1) is 5.92 Å². The molecule has 1 aliphatic heterocycles. The first kappa shape index (κ1) is 7.29. The highest BCUT2D eigenvalue weighted by atomic mass is 35.5. The number of hydrogen-bond acceptors (Lipinski definition) is 1. The maximum atomic E-state index is 12.9. The summed E-state index contributed by atoms with van der Waals surface area (Å²) in [4.78, 5) is 0. The van der Waals surface area contributed by atoms with Crippen LogP contribution in [0.5, 0.6) is 0 Å². The van der Waals surface area contributed by atoms with Crippen LogP contribution in [0.15, 0.2) is 0 Å². The lowest BCUT2D eigenvalue weighted by Gasteiger charge is -2.14. The smallest absolute Gasteiger partial charge is 0.126 e. The van der Waals surface area contributed by atoms with E-state index in [4.69, 9.17) is 0 Å². The second-order valence-electron chi connectivity index (χ2n) is 2.90. The van der Waals surface area contributed by atoms with Crippen molar-refractivity contribution in [1.29, 1.82) is 0 Å². The zero-order chi connectivity index (χ0) is 5.61. The van der Waals surface area contributed by atoms with Crippen molar-refractivity contribution >= 4 is 12.4 Å². The normalized spacial score (nSPS) is 47.0. The molecule has 0 amide bonds. The van der Waals surface area contributed by atoms with Gasteiger partial charge in [0.2, 0.25) is 0 Å². The van der Waals surface area contributed by atoms with Crippen molar-refractivity contribution in [3.05, 3.63) is 0 Å². The molecule has 3 heteroatoms. The molecule has 0 aromatic carbocycles. The lowest BCUT2D eigenvalue weighted by atomic mass is 10.1. The average molecular weight is 152 g/mol. The van der Waals surface area contributed by atoms with E-state index in [1.807, 2.05) is 0 Å². The summed E-state index contributed by atoms with van der Waals surface area (Å²) in [5.74, 6) is 0.420. The van der Waals surface area contributed by atoms with E-state index in [2.05, 4.69) is 5.32 Å². The first-order valence-electron chi connectivity index (χ1n) is 3.21. The van der Waals surface area contributed by atoms with Crippen LogP contribution in [0.4, 0.5) is 4.39 Å². The first-order valence-corrected chi connectivity index (χ1v) is 3.21. The summed E-state index contributed by atoms with van der Waals surface area (Å²) < 4.78 is 12.9. The van der Waals surface area contributed by atoms with Crippen molar-refractivity contribution in [3.63, 3.8) is 0 Å². The topological polar surface area (TPSA) is 12.0 Å². The Labute approximate surface area is 60.4 Å². The molecular weight excluding hydrogens is 141 g/mol. The molecule has 1 saturated heterocycles. The minimum atomic E-state index is -0.766. The Kier molecular flexibility index (Phi) is 1.70. The van der Waals surface area contributed by atoms with E-state index in [9.17, 15) is 4.39 Å². The van der Waals surface area contributed by atoms with E-state index in [-0.39, 0.29) is 12.4 Å². The van der Waals surface area contributed by atoms with Gasteiger partial charge in [-0.2, -0.15) is 0 Å². The summed E-state index contributed by atoms with van der Waals surface area (Å²) >= 11 is 0. The second kappa shape index (κ2) is 2.10. The predicted octanol–water partition coefficient (Wildman–Crippen LogP) is 1.13. The molecule has 2 fully saturated rings.